The SMILES string of the molecule is O=C(O)Cn1ccnc1Cc1cccnc1. The second kappa shape index (κ2) is 4.57. The third kappa shape index (κ3) is 2.44. The van der Waals surface area contributed by atoms with Crippen LogP contribution in [-0.4, -0.2) is 25.6 Å². The third-order valence-corrected chi connectivity index (χ3v) is 2.19. The average molecular weight is 217 g/mol. The van der Waals surface area contributed by atoms with Crippen LogP contribution < -0.4 is 0 Å². The van der Waals surface area contributed by atoms with Crippen molar-refractivity contribution in [1.29, 1.82) is 0 Å². The Bertz CT molecular complexity index is 479. The fourth-order valence-electron chi connectivity index (χ4n) is 1.48. The Morgan fingerprint density at radius 3 is 3.00 bits per heavy atom. The molecular formula is C11H11N3O2. The second-order valence-electron chi connectivity index (χ2n) is 3.40. The zero-order chi connectivity index (χ0) is 11.4. The van der Waals surface area contributed by atoms with Crippen LogP contribution in [0.2, 0.25) is 0 Å². The monoisotopic (exact) mass is 217 g/mol. The molecule has 5 heteroatoms. The molecule has 0 atom stereocenters. The maximum Gasteiger partial charge on any atom is 0.323 e. The normalized spacial score (nSPS) is 10.2. The van der Waals surface area contributed by atoms with E-state index in [1.807, 2.05) is 12.1 Å². The smallest absolute Gasteiger partial charge is 0.323 e. The number of carbonyl (C=O) groups is 1. The van der Waals surface area contributed by atoms with Crippen LogP contribution in [0.3, 0.4) is 0 Å². The molecule has 2 aromatic heterocycles. The third-order valence-electron chi connectivity index (χ3n) is 2.19. The highest BCUT2D eigenvalue weighted by molar-refractivity contribution is 5.66. The highest BCUT2D eigenvalue weighted by Crippen LogP contribution is 2.06. The largest absolute Gasteiger partial charge is 0.480 e. The van der Waals surface area contributed by atoms with E-state index in [1.165, 1.54) is 0 Å². The van der Waals surface area contributed by atoms with Crippen molar-refractivity contribution in [3.63, 3.8) is 0 Å². The zero-order valence-corrected chi connectivity index (χ0v) is 8.58. The topological polar surface area (TPSA) is 68.0 Å². The summed E-state index contributed by atoms with van der Waals surface area (Å²) >= 11 is 0. The number of nitrogens with zero attached hydrogens (tertiary/aromatic N) is 3. The number of hydrogen-bond donors (Lipinski definition) is 1. The van der Waals surface area contributed by atoms with Crippen molar-refractivity contribution in [2.24, 2.45) is 0 Å². The summed E-state index contributed by atoms with van der Waals surface area (Å²) in [4.78, 5) is 18.7. The number of carboxylic acids is 1. The Balaban J connectivity index is 2.16. The van der Waals surface area contributed by atoms with Crippen LogP contribution in [0.5, 0.6) is 0 Å². The second-order valence-corrected chi connectivity index (χ2v) is 3.40. The molecule has 82 valence electrons. The summed E-state index contributed by atoms with van der Waals surface area (Å²) in [6, 6.07) is 3.78. The molecule has 0 amide bonds. The van der Waals surface area contributed by atoms with E-state index in [2.05, 4.69) is 9.97 Å². The van der Waals surface area contributed by atoms with Crippen molar-refractivity contribution in [2.45, 2.75) is 13.0 Å². The summed E-state index contributed by atoms with van der Waals surface area (Å²) in [5.74, 6) is -0.138. The first kappa shape index (κ1) is 10.4. The van der Waals surface area contributed by atoms with Gasteiger partial charge in [-0.3, -0.25) is 9.78 Å². The number of carboxylic acid groups (broad SMARTS) is 1. The summed E-state index contributed by atoms with van der Waals surface area (Å²) < 4.78 is 1.62. The van der Waals surface area contributed by atoms with Crippen molar-refractivity contribution in [3.05, 3.63) is 48.3 Å². The molecule has 2 heterocycles. The predicted molar refractivity (Wildman–Crippen MR) is 56.9 cm³/mol. The molecule has 0 aliphatic heterocycles. The highest BCUT2D eigenvalue weighted by atomic mass is 16.4. The van der Waals surface area contributed by atoms with Crippen LogP contribution in [0.15, 0.2) is 36.9 Å². The van der Waals surface area contributed by atoms with Gasteiger partial charge in [0.2, 0.25) is 0 Å². The first-order valence-electron chi connectivity index (χ1n) is 4.86. The van der Waals surface area contributed by atoms with Crippen LogP contribution in [-0.2, 0) is 17.8 Å². The molecule has 0 spiro atoms. The quantitative estimate of drug-likeness (QED) is 0.828. The van der Waals surface area contributed by atoms with Crippen molar-refractivity contribution < 1.29 is 9.90 Å². The number of imidazole rings is 1. The van der Waals surface area contributed by atoms with Gasteiger partial charge in [-0.05, 0) is 11.6 Å². The number of aromatic nitrogens is 3. The predicted octanol–water partition coefficient (Wildman–Crippen LogP) is 0.954. The summed E-state index contributed by atoms with van der Waals surface area (Å²) in [5, 5.41) is 8.71. The molecule has 16 heavy (non-hydrogen) atoms. The molecule has 0 aromatic carbocycles. The Morgan fingerprint density at radius 1 is 1.44 bits per heavy atom. The van der Waals surface area contributed by atoms with Crippen LogP contribution in [0, 0.1) is 0 Å². The van der Waals surface area contributed by atoms with Gasteiger partial charge in [0, 0.05) is 31.2 Å². The first-order chi connectivity index (χ1) is 7.75. The Hall–Kier alpha value is -2.17. The van der Waals surface area contributed by atoms with Gasteiger partial charge in [0.25, 0.3) is 0 Å². The lowest BCUT2D eigenvalue weighted by Gasteiger charge is -2.04. The van der Waals surface area contributed by atoms with Gasteiger partial charge in [0.05, 0.1) is 0 Å². The molecule has 0 saturated carbocycles. The zero-order valence-electron chi connectivity index (χ0n) is 8.58. The molecule has 0 bridgehead atoms. The van der Waals surface area contributed by atoms with E-state index < -0.39 is 5.97 Å². The summed E-state index contributed by atoms with van der Waals surface area (Å²) in [7, 11) is 0. The van der Waals surface area contributed by atoms with E-state index in [-0.39, 0.29) is 6.54 Å². The minimum Gasteiger partial charge on any atom is -0.480 e. The van der Waals surface area contributed by atoms with Crippen molar-refractivity contribution >= 4 is 5.97 Å². The number of hydrogen-bond acceptors (Lipinski definition) is 3. The molecule has 0 unspecified atom stereocenters. The lowest BCUT2D eigenvalue weighted by Crippen LogP contribution is -2.11. The van der Waals surface area contributed by atoms with Crippen molar-refractivity contribution in [2.75, 3.05) is 0 Å². The standard InChI is InChI=1S/C11H11N3O2/c15-11(16)8-14-5-4-13-10(14)6-9-2-1-3-12-7-9/h1-5,7H,6,8H2,(H,15,16). The van der Waals surface area contributed by atoms with E-state index in [0.717, 1.165) is 11.4 Å². The van der Waals surface area contributed by atoms with Gasteiger partial charge in [-0.25, -0.2) is 4.98 Å². The highest BCUT2D eigenvalue weighted by Gasteiger charge is 2.06. The molecule has 2 aromatic rings. The lowest BCUT2D eigenvalue weighted by molar-refractivity contribution is -0.137. The van der Waals surface area contributed by atoms with Gasteiger partial charge in [-0.1, -0.05) is 6.07 Å². The molecule has 0 aliphatic rings. The van der Waals surface area contributed by atoms with Gasteiger partial charge in [-0.2, -0.15) is 0 Å². The van der Waals surface area contributed by atoms with Gasteiger partial charge < -0.3 is 9.67 Å². The summed E-state index contributed by atoms with van der Waals surface area (Å²) in [6.45, 7) is -0.0599. The molecule has 0 saturated heterocycles. The number of rotatable bonds is 4. The van der Waals surface area contributed by atoms with Crippen LogP contribution >= 0.6 is 0 Å². The molecule has 0 fully saturated rings. The van der Waals surface area contributed by atoms with Crippen LogP contribution in [0.4, 0.5) is 0 Å². The Labute approximate surface area is 92.4 Å². The average Bonchev–Trinajstić information content (AvgIpc) is 2.66. The number of pyridine rings is 1. The molecule has 0 aliphatic carbocycles. The van der Waals surface area contributed by atoms with Crippen LogP contribution in [0.25, 0.3) is 0 Å². The van der Waals surface area contributed by atoms with E-state index in [0.29, 0.717) is 6.42 Å². The van der Waals surface area contributed by atoms with E-state index in [9.17, 15) is 4.79 Å². The lowest BCUT2D eigenvalue weighted by atomic mass is 10.2. The van der Waals surface area contributed by atoms with E-state index >= 15 is 0 Å². The first-order valence-corrected chi connectivity index (χ1v) is 4.86. The summed E-state index contributed by atoms with van der Waals surface area (Å²) in [5.41, 5.74) is 1.01. The fourth-order valence-corrected chi connectivity index (χ4v) is 1.48. The maximum absolute atomic E-state index is 10.6. The summed E-state index contributed by atoms with van der Waals surface area (Å²) in [6.07, 6.45) is 7.32. The van der Waals surface area contributed by atoms with Crippen molar-refractivity contribution in [1.82, 2.24) is 14.5 Å². The molecule has 5 nitrogen and oxygen atoms in total. The Morgan fingerprint density at radius 2 is 2.31 bits per heavy atom. The molecule has 1 N–H and O–H groups in total. The van der Waals surface area contributed by atoms with Crippen molar-refractivity contribution in [3.8, 4) is 0 Å². The molecular weight excluding hydrogens is 206 g/mol. The fraction of sp³-hybridized carbons (Fsp3) is 0.182. The maximum atomic E-state index is 10.6. The molecule has 0 radical (unpaired) electrons. The van der Waals surface area contributed by atoms with E-state index in [4.69, 9.17) is 5.11 Å². The van der Waals surface area contributed by atoms with Gasteiger partial charge in [0.15, 0.2) is 0 Å². The van der Waals surface area contributed by atoms with Gasteiger partial charge in [-0.15, -0.1) is 0 Å². The minimum atomic E-state index is -0.870. The molecule has 2 rings (SSSR count). The van der Waals surface area contributed by atoms with Crippen LogP contribution in [0.1, 0.15) is 11.4 Å². The number of aliphatic carboxylic acids is 1. The van der Waals surface area contributed by atoms with Gasteiger partial charge >= 0.3 is 5.97 Å². The van der Waals surface area contributed by atoms with E-state index in [1.54, 1.807) is 29.4 Å². The Kier molecular flexibility index (Phi) is 2.95. The minimum absolute atomic E-state index is 0.0599. The van der Waals surface area contributed by atoms with Gasteiger partial charge in [0.1, 0.15) is 12.4 Å².